The SMILES string of the molecule is C[C@@H]1C[C@@H](C)C[NH+](CC(=O)Nc2ccc(F)cc2)C1. The van der Waals surface area contributed by atoms with E-state index in [9.17, 15) is 9.18 Å². The first-order valence-corrected chi connectivity index (χ1v) is 6.92. The third kappa shape index (κ3) is 4.31. The molecule has 3 nitrogen and oxygen atoms in total. The molecule has 4 heteroatoms. The molecule has 2 rings (SSSR count). The van der Waals surface area contributed by atoms with Gasteiger partial charge in [0.2, 0.25) is 0 Å². The van der Waals surface area contributed by atoms with Crippen molar-refractivity contribution in [1.82, 2.24) is 0 Å². The molecule has 1 aliphatic heterocycles. The van der Waals surface area contributed by atoms with Crippen LogP contribution >= 0.6 is 0 Å². The second kappa shape index (κ2) is 6.15. The highest BCUT2D eigenvalue weighted by Crippen LogP contribution is 2.12. The molecule has 0 aromatic heterocycles. The zero-order valence-corrected chi connectivity index (χ0v) is 11.6. The number of halogens is 1. The van der Waals surface area contributed by atoms with Gasteiger partial charge in [0.25, 0.3) is 5.91 Å². The lowest BCUT2D eigenvalue weighted by molar-refractivity contribution is -0.904. The summed E-state index contributed by atoms with van der Waals surface area (Å²) in [4.78, 5) is 13.3. The molecule has 0 bridgehead atoms. The van der Waals surface area contributed by atoms with E-state index in [0.717, 1.165) is 13.1 Å². The van der Waals surface area contributed by atoms with Crippen LogP contribution in [0.2, 0.25) is 0 Å². The summed E-state index contributed by atoms with van der Waals surface area (Å²) in [5, 5.41) is 2.82. The zero-order chi connectivity index (χ0) is 13.8. The third-order valence-corrected chi connectivity index (χ3v) is 3.62. The molecule has 1 heterocycles. The van der Waals surface area contributed by atoms with E-state index in [2.05, 4.69) is 19.2 Å². The topological polar surface area (TPSA) is 33.5 Å². The average molecular weight is 265 g/mol. The fourth-order valence-electron chi connectivity index (χ4n) is 3.03. The fraction of sp³-hybridized carbons (Fsp3) is 0.533. The van der Waals surface area contributed by atoms with Gasteiger partial charge in [-0.3, -0.25) is 4.79 Å². The first kappa shape index (κ1) is 14.0. The third-order valence-electron chi connectivity index (χ3n) is 3.62. The number of piperidine rings is 1. The Morgan fingerprint density at radius 3 is 2.42 bits per heavy atom. The molecule has 0 saturated carbocycles. The lowest BCUT2D eigenvalue weighted by Gasteiger charge is -2.31. The van der Waals surface area contributed by atoms with Crippen molar-refractivity contribution in [2.75, 3.05) is 25.0 Å². The van der Waals surface area contributed by atoms with Gasteiger partial charge in [-0.2, -0.15) is 0 Å². The zero-order valence-electron chi connectivity index (χ0n) is 11.6. The summed E-state index contributed by atoms with van der Waals surface area (Å²) in [5.41, 5.74) is 0.656. The summed E-state index contributed by atoms with van der Waals surface area (Å²) >= 11 is 0. The highest BCUT2D eigenvalue weighted by molar-refractivity contribution is 5.91. The highest BCUT2D eigenvalue weighted by atomic mass is 19.1. The van der Waals surface area contributed by atoms with Crippen molar-refractivity contribution in [2.45, 2.75) is 20.3 Å². The van der Waals surface area contributed by atoms with Gasteiger partial charge < -0.3 is 10.2 Å². The van der Waals surface area contributed by atoms with Crippen LogP contribution in [0.5, 0.6) is 0 Å². The summed E-state index contributed by atoms with van der Waals surface area (Å²) in [6.07, 6.45) is 1.25. The number of rotatable bonds is 3. The number of amides is 1. The monoisotopic (exact) mass is 265 g/mol. The van der Waals surface area contributed by atoms with Gasteiger partial charge in [-0.15, -0.1) is 0 Å². The Morgan fingerprint density at radius 2 is 1.84 bits per heavy atom. The van der Waals surface area contributed by atoms with Crippen LogP contribution in [0.25, 0.3) is 0 Å². The number of hydrogen-bond donors (Lipinski definition) is 2. The van der Waals surface area contributed by atoms with Crippen LogP contribution in [0.15, 0.2) is 24.3 Å². The van der Waals surface area contributed by atoms with E-state index in [4.69, 9.17) is 0 Å². The second-order valence-corrected chi connectivity index (χ2v) is 5.84. The Labute approximate surface area is 113 Å². The predicted octanol–water partition coefficient (Wildman–Crippen LogP) is 1.32. The Hall–Kier alpha value is -1.42. The van der Waals surface area contributed by atoms with Gasteiger partial charge in [0.05, 0.1) is 13.1 Å². The van der Waals surface area contributed by atoms with Gasteiger partial charge in [0, 0.05) is 17.5 Å². The second-order valence-electron chi connectivity index (χ2n) is 5.84. The van der Waals surface area contributed by atoms with Gasteiger partial charge in [-0.25, -0.2) is 4.39 Å². The largest absolute Gasteiger partial charge is 0.327 e. The molecule has 104 valence electrons. The van der Waals surface area contributed by atoms with Crippen molar-refractivity contribution in [2.24, 2.45) is 11.8 Å². The maximum atomic E-state index is 12.8. The Morgan fingerprint density at radius 1 is 1.26 bits per heavy atom. The van der Waals surface area contributed by atoms with Crippen LogP contribution in [-0.2, 0) is 4.79 Å². The summed E-state index contributed by atoms with van der Waals surface area (Å²) in [6.45, 7) is 7.09. The number of carbonyl (C=O) groups is 1. The highest BCUT2D eigenvalue weighted by Gasteiger charge is 2.26. The van der Waals surface area contributed by atoms with E-state index in [1.54, 1.807) is 12.1 Å². The molecule has 1 amide bonds. The van der Waals surface area contributed by atoms with Crippen LogP contribution in [0.1, 0.15) is 20.3 Å². The van der Waals surface area contributed by atoms with E-state index >= 15 is 0 Å². The number of quaternary nitrogens is 1. The molecule has 0 aliphatic carbocycles. The Balaban J connectivity index is 1.85. The molecule has 1 saturated heterocycles. The van der Waals surface area contributed by atoms with E-state index in [-0.39, 0.29) is 11.7 Å². The molecular weight excluding hydrogens is 243 g/mol. The van der Waals surface area contributed by atoms with Crippen molar-refractivity contribution in [3.63, 3.8) is 0 Å². The molecule has 19 heavy (non-hydrogen) atoms. The normalized spacial score (nSPS) is 27.0. The standard InChI is InChI=1S/C15H21FN2O/c1-11-7-12(2)9-18(8-11)10-15(19)17-14-5-3-13(16)4-6-14/h3-6,11-12H,7-10H2,1-2H3,(H,17,19)/p+1/t11-,12-/m1/s1. The van der Waals surface area contributed by atoms with E-state index in [1.807, 2.05) is 0 Å². The van der Waals surface area contributed by atoms with Crippen molar-refractivity contribution in [3.05, 3.63) is 30.1 Å². The molecular formula is C15H22FN2O+. The predicted molar refractivity (Wildman–Crippen MR) is 73.5 cm³/mol. The number of carbonyl (C=O) groups excluding carboxylic acids is 1. The fourth-order valence-corrected chi connectivity index (χ4v) is 3.03. The minimum Gasteiger partial charge on any atom is -0.327 e. The van der Waals surface area contributed by atoms with Gasteiger partial charge in [0.15, 0.2) is 6.54 Å². The molecule has 2 N–H and O–H groups in total. The molecule has 0 unspecified atom stereocenters. The van der Waals surface area contributed by atoms with E-state index in [0.29, 0.717) is 24.1 Å². The lowest BCUT2D eigenvalue weighted by atomic mass is 9.92. The van der Waals surface area contributed by atoms with Gasteiger partial charge in [-0.05, 0) is 30.7 Å². The number of likely N-dealkylation sites (tertiary alicyclic amines) is 1. The van der Waals surface area contributed by atoms with Crippen LogP contribution in [-0.4, -0.2) is 25.5 Å². The van der Waals surface area contributed by atoms with Crippen LogP contribution < -0.4 is 10.2 Å². The van der Waals surface area contributed by atoms with Crippen molar-refractivity contribution < 1.29 is 14.1 Å². The van der Waals surface area contributed by atoms with E-state index < -0.39 is 0 Å². The number of anilines is 1. The number of hydrogen-bond acceptors (Lipinski definition) is 1. The smallest absolute Gasteiger partial charge is 0.279 e. The minimum absolute atomic E-state index is 0.00269. The summed E-state index contributed by atoms with van der Waals surface area (Å²) in [7, 11) is 0. The number of nitrogens with one attached hydrogen (secondary N) is 2. The Bertz CT molecular complexity index is 422. The molecule has 1 aliphatic rings. The first-order chi connectivity index (χ1) is 9.02. The van der Waals surface area contributed by atoms with Crippen molar-refractivity contribution >= 4 is 11.6 Å². The van der Waals surface area contributed by atoms with Crippen molar-refractivity contribution in [1.29, 1.82) is 0 Å². The number of benzene rings is 1. The average Bonchev–Trinajstić information content (AvgIpc) is 2.30. The summed E-state index contributed by atoms with van der Waals surface area (Å²) in [6, 6.07) is 5.88. The summed E-state index contributed by atoms with van der Waals surface area (Å²) in [5.74, 6) is 1.07. The molecule has 0 radical (unpaired) electrons. The summed E-state index contributed by atoms with van der Waals surface area (Å²) < 4.78 is 12.8. The van der Waals surface area contributed by atoms with Crippen LogP contribution in [0.4, 0.5) is 10.1 Å². The van der Waals surface area contributed by atoms with Gasteiger partial charge in [0.1, 0.15) is 5.82 Å². The quantitative estimate of drug-likeness (QED) is 0.849. The maximum absolute atomic E-state index is 12.8. The van der Waals surface area contributed by atoms with Crippen LogP contribution in [0, 0.1) is 17.7 Å². The van der Waals surface area contributed by atoms with Gasteiger partial charge in [-0.1, -0.05) is 13.8 Å². The first-order valence-electron chi connectivity index (χ1n) is 6.92. The van der Waals surface area contributed by atoms with E-state index in [1.165, 1.54) is 23.5 Å². The molecule has 1 aromatic rings. The molecule has 0 spiro atoms. The lowest BCUT2D eigenvalue weighted by Crippen LogP contribution is -3.15. The minimum atomic E-state index is -0.290. The Kier molecular flexibility index (Phi) is 4.53. The molecule has 1 fully saturated rings. The van der Waals surface area contributed by atoms with Crippen LogP contribution in [0.3, 0.4) is 0 Å². The maximum Gasteiger partial charge on any atom is 0.279 e. The molecule has 2 atom stereocenters. The molecule has 1 aromatic carbocycles. The van der Waals surface area contributed by atoms with Crippen molar-refractivity contribution in [3.8, 4) is 0 Å². The van der Waals surface area contributed by atoms with Gasteiger partial charge >= 0.3 is 0 Å².